The zero-order valence-electron chi connectivity index (χ0n) is 31.2. The van der Waals surface area contributed by atoms with Gasteiger partial charge in [0.1, 0.15) is 0 Å². The van der Waals surface area contributed by atoms with Crippen LogP contribution >= 0.6 is 0 Å². The van der Waals surface area contributed by atoms with E-state index >= 15 is 4.79 Å². The zero-order chi connectivity index (χ0) is 38.3. The summed E-state index contributed by atoms with van der Waals surface area (Å²) in [5.74, 6) is 0.245. The van der Waals surface area contributed by atoms with Gasteiger partial charge in [-0.1, -0.05) is 146 Å². The van der Waals surface area contributed by atoms with Crippen molar-refractivity contribution in [1.82, 2.24) is 0 Å². The van der Waals surface area contributed by atoms with Gasteiger partial charge in [-0.2, -0.15) is 4.89 Å². The maximum atomic E-state index is 15.2. The monoisotopic (exact) mass is 748 g/mol. The summed E-state index contributed by atoms with van der Waals surface area (Å²) in [6.07, 6.45) is 0. The van der Waals surface area contributed by atoms with E-state index in [1.807, 2.05) is 12.1 Å². The average molecular weight is 749 g/mol. The van der Waals surface area contributed by atoms with Crippen LogP contribution in [-0.4, -0.2) is 12.9 Å². The fraction of sp³-hybridized carbons (Fsp3) is 0.0588. The van der Waals surface area contributed by atoms with E-state index in [0.29, 0.717) is 22.1 Å². The van der Waals surface area contributed by atoms with Crippen LogP contribution < -0.4 is 26.5 Å². The van der Waals surface area contributed by atoms with Crippen LogP contribution in [0, 0.1) is 0 Å². The van der Waals surface area contributed by atoms with Gasteiger partial charge >= 0.3 is 0 Å². The Labute approximate surface area is 332 Å². The molecule has 5 aliphatic rings. The summed E-state index contributed by atoms with van der Waals surface area (Å²) in [6, 6.07) is 54.6. The third-order valence-corrected chi connectivity index (χ3v) is 12.8. The van der Waals surface area contributed by atoms with Crippen molar-refractivity contribution in [1.29, 1.82) is 0 Å². The van der Waals surface area contributed by atoms with Gasteiger partial charge in [0.05, 0.1) is 29.3 Å². The highest BCUT2D eigenvalue weighted by Gasteiger charge is 2.49. The molecular formula is C51H32N4O3. The number of nitrogens with one attached hydrogen (secondary N) is 3. The number of ketones is 1. The second kappa shape index (κ2) is 11.1. The lowest BCUT2D eigenvalue weighted by molar-refractivity contribution is -0.232. The molecule has 7 heteroatoms. The second-order valence-electron chi connectivity index (χ2n) is 15.5. The molecule has 3 N–H and O–H groups in total. The molecule has 0 radical (unpaired) electrons. The lowest BCUT2D eigenvalue weighted by Crippen LogP contribution is -2.45. The largest absolute Gasteiger partial charge is 0.355 e. The molecule has 7 nitrogen and oxygen atoms in total. The number of benzene rings is 8. The van der Waals surface area contributed by atoms with Crippen molar-refractivity contribution in [3.8, 4) is 22.3 Å². The van der Waals surface area contributed by atoms with E-state index in [1.165, 1.54) is 7.11 Å². The maximum Gasteiger partial charge on any atom is 0.202 e. The number of carbonyl (C=O) groups is 1. The molecule has 0 unspecified atom stereocenters. The molecule has 0 atom stereocenters. The fourth-order valence-corrected chi connectivity index (χ4v) is 10.4. The molecule has 8 aromatic carbocycles. The van der Waals surface area contributed by atoms with Gasteiger partial charge in [0.2, 0.25) is 5.78 Å². The normalized spacial score (nSPS) is 17.4. The summed E-state index contributed by atoms with van der Waals surface area (Å²) >= 11 is 0. The van der Waals surface area contributed by atoms with E-state index in [4.69, 9.17) is 14.8 Å². The van der Waals surface area contributed by atoms with Crippen molar-refractivity contribution in [2.45, 2.75) is 11.3 Å². The molecule has 8 aromatic rings. The molecule has 2 aliphatic heterocycles. The molecule has 58 heavy (non-hydrogen) atoms. The zero-order valence-corrected chi connectivity index (χ0v) is 31.2. The Morgan fingerprint density at radius 1 is 0.500 bits per heavy atom. The summed E-state index contributed by atoms with van der Waals surface area (Å²) in [7, 11) is 1.48. The molecule has 0 amide bonds. The van der Waals surface area contributed by atoms with Crippen LogP contribution in [0.1, 0.15) is 27.8 Å². The van der Waals surface area contributed by atoms with Gasteiger partial charge < -0.3 is 20.8 Å². The standard InChI is InChI=1S/C51H32N4O3/c1-57-58-49-44(34-26-24-28-12-10-22-40-42(28)46(34)54-50(52-40)36-18-6-2-14-30(36)31-15-3-7-19-37(31)50)48(56)45(49)35-27-25-29-13-11-23-41-43(29)47(35)55-51(53-41)38-20-8-4-16-32(38)33-17-5-9-21-39(33)51/h2-27,52-54H,1H3. The third kappa shape index (κ3) is 3.81. The molecule has 13 rings (SSSR count). The van der Waals surface area contributed by atoms with Crippen molar-refractivity contribution in [2.24, 2.45) is 4.99 Å². The SMILES string of the molecule is COOC1=C(c2ccc3cccc4c3c2NC2(N4)c3ccccc3-c3ccccc32)C(=O)C1=c1ccc2cccc3c2c1=NC1(N3)c2ccccc2-c2ccccc21. The Bertz CT molecular complexity index is 3290. The van der Waals surface area contributed by atoms with Crippen molar-refractivity contribution in [3.05, 3.63) is 202 Å². The van der Waals surface area contributed by atoms with E-state index in [9.17, 15) is 0 Å². The highest BCUT2D eigenvalue weighted by Crippen LogP contribution is 2.56. The number of hydrogen-bond donors (Lipinski definition) is 3. The van der Waals surface area contributed by atoms with Crippen LogP contribution in [0.5, 0.6) is 0 Å². The first-order chi connectivity index (χ1) is 28.6. The van der Waals surface area contributed by atoms with Crippen molar-refractivity contribution >= 4 is 55.5 Å². The van der Waals surface area contributed by atoms with Crippen molar-refractivity contribution < 1.29 is 14.6 Å². The maximum absolute atomic E-state index is 15.2. The van der Waals surface area contributed by atoms with Gasteiger partial charge in [0.25, 0.3) is 0 Å². The summed E-state index contributed by atoms with van der Waals surface area (Å²) in [6.45, 7) is 0. The topological polar surface area (TPSA) is 84.0 Å². The highest BCUT2D eigenvalue weighted by atomic mass is 17.2. The van der Waals surface area contributed by atoms with Crippen LogP contribution in [0.3, 0.4) is 0 Å². The van der Waals surface area contributed by atoms with Gasteiger partial charge in [-0.3, -0.25) is 4.79 Å². The molecule has 0 bridgehead atoms. The van der Waals surface area contributed by atoms with E-state index in [-0.39, 0.29) is 5.78 Å². The highest BCUT2D eigenvalue weighted by molar-refractivity contribution is 6.52. The molecule has 0 saturated heterocycles. The number of anilines is 3. The molecule has 0 fully saturated rings. The molecular weight excluding hydrogens is 717 g/mol. The van der Waals surface area contributed by atoms with Gasteiger partial charge in [0, 0.05) is 55.2 Å². The minimum absolute atomic E-state index is 0.134. The Balaban J connectivity index is 1.08. The minimum Gasteiger partial charge on any atom is -0.355 e. The summed E-state index contributed by atoms with van der Waals surface area (Å²) in [4.78, 5) is 32.4. The van der Waals surface area contributed by atoms with Crippen LogP contribution in [-0.2, 0) is 25.9 Å². The van der Waals surface area contributed by atoms with Gasteiger partial charge in [0.15, 0.2) is 17.1 Å². The Morgan fingerprint density at radius 2 is 1.05 bits per heavy atom. The quantitative estimate of drug-likeness (QED) is 0.123. The van der Waals surface area contributed by atoms with Gasteiger partial charge in [-0.25, -0.2) is 4.99 Å². The summed E-state index contributed by atoms with van der Waals surface area (Å²) in [5.41, 5.74) is 11.7. The Kier molecular flexibility index (Phi) is 6.06. The summed E-state index contributed by atoms with van der Waals surface area (Å²) < 4.78 is 0. The first-order valence-electron chi connectivity index (χ1n) is 19.5. The average Bonchev–Trinajstić information content (AvgIpc) is 3.68. The third-order valence-electron chi connectivity index (χ3n) is 12.8. The van der Waals surface area contributed by atoms with E-state index in [1.54, 1.807) is 0 Å². The lowest BCUT2D eigenvalue weighted by atomic mass is 9.79. The van der Waals surface area contributed by atoms with Crippen LogP contribution in [0.25, 0.3) is 54.9 Å². The number of nitrogens with zero attached hydrogens (tertiary/aromatic N) is 1. The van der Waals surface area contributed by atoms with E-state index in [0.717, 1.165) is 94.0 Å². The smallest absolute Gasteiger partial charge is 0.202 e. The minimum atomic E-state index is -0.898. The van der Waals surface area contributed by atoms with Crippen LogP contribution in [0.4, 0.5) is 17.1 Å². The molecule has 0 saturated carbocycles. The number of allylic oxidation sites excluding steroid dienone is 2. The number of rotatable bonds is 3. The predicted octanol–water partition coefficient (Wildman–Crippen LogP) is 9.36. The Morgan fingerprint density at radius 3 is 1.69 bits per heavy atom. The first kappa shape index (κ1) is 31.7. The van der Waals surface area contributed by atoms with Gasteiger partial charge in [-0.05, 0) is 45.2 Å². The Hall–Kier alpha value is -7.48. The number of carbonyl (C=O) groups excluding carboxylic acids is 1. The summed E-state index contributed by atoms with van der Waals surface area (Å²) in [5, 5.41) is 17.3. The second-order valence-corrected chi connectivity index (χ2v) is 15.5. The number of Topliss-reactive ketones (excluding diaryl/α,β-unsaturated/α-hetero) is 1. The lowest BCUT2D eigenvalue weighted by Gasteiger charge is -2.41. The molecule has 2 heterocycles. The molecule has 3 aliphatic carbocycles. The molecule has 274 valence electrons. The van der Waals surface area contributed by atoms with Gasteiger partial charge in [-0.15, -0.1) is 0 Å². The van der Waals surface area contributed by atoms with E-state index < -0.39 is 11.3 Å². The van der Waals surface area contributed by atoms with Crippen molar-refractivity contribution in [3.63, 3.8) is 0 Å². The molecule has 0 aromatic heterocycles. The number of hydrogen-bond acceptors (Lipinski definition) is 7. The van der Waals surface area contributed by atoms with Crippen LogP contribution in [0.2, 0.25) is 0 Å². The molecule has 2 spiro atoms. The van der Waals surface area contributed by atoms with E-state index in [2.05, 4.69) is 162 Å². The predicted molar refractivity (Wildman–Crippen MR) is 228 cm³/mol. The number of fused-ring (bicyclic) bond motifs is 10. The first-order valence-corrected chi connectivity index (χ1v) is 19.5. The van der Waals surface area contributed by atoms with Crippen LogP contribution in [0.15, 0.2) is 168 Å². The van der Waals surface area contributed by atoms with Crippen molar-refractivity contribution in [2.75, 3.05) is 23.1 Å². The fourth-order valence-electron chi connectivity index (χ4n) is 10.4.